The predicted molar refractivity (Wildman–Crippen MR) is 134 cm³/mol. The van der Waals surface area contributed by atoms with Crippen LogP contribution < -0.4 is 4.90 Å². The number of hydrogen-bond donors (Lipinski definition) is 0. The van der Waals surface area contributed by atoms with Crippen LogP contribution in [0.3, 0.4) is 0 Å². The molecule has 1 aliphatic heterocycles. The van der Waals surface area contributed by atoms with Gasteiger partial charge in [0.15, 0.2) is 0 Å². The number of rotatable bonds is 4. The largest absolute Gasteiger partial charge is 0.417 e. The number of alkyl halides is 3. The minimum atomic E-state index is -4.58. The van der Waals surface area contributed by atoms with E-state index in [9.17, 15) is 22.8 Å². The lowest BCUT2D eigenvalue weighted by molar-refractivity contribution is -0.138. The maximum Gasteiger partial charge on any atom is 0.417 e. The van der Waals surface area contributed by atoms with Crippen molar-refractivity contribution in [2.45, 2.75) is 6.18 Å². The van der Waals surface area contributed by atoms with Crippen molar-refractivity contribution in [3.05, 3.63) is 88.4 Å². The smallest absolute Gasteiger partial charge is 0.368 e. The molecule has 188 valence electrons. The monoisotopic (exact) mass is 515 g/mol. The second-order valence-electron chi connectivity index (χ2n) is 8.76. The van der Waals surface area contributed by atoms with E-state index in [2.05, 4.69) is 4.90 Å². The van der Waals surface area contributed by atoms with E-state index in [4.69, 9.17) is 11.6 Å². The van der Waals surface area contributed by atoms with E-state index in [0.717, 1.165) is 22.9 Å². The van der Waals surface area contributed by atoms with Crippen molar-refractivity contribution in [3.63, 3.8) is 0 Å². The average Bonchev–Trinajstić information content (AvgIpc) is 2.87. The Morgan fingerprint density at radius 2 is 1.44 bits per heavy atom. The van der Waals surface area contributed by atoms with Crippen LogP contribution in [0.5, 0.6) is 0 Å². The second kappa shape index (κ2) is 10.2. The first-order valence-corrected chi connectivity index (χ1v) is 11.8. The molecule has 3 aromatic carbocycles. The zero-order valence-electron chi connectivity index (χ0n) is 19.8. The van der Waals surface area contributed by atoms with Crippen molar-refractivity contribution in [3.8, 4) is 11.1 Å². The van der Waals surface area contributed by atoms with Crippen molar-refractivity contribution in [1.82, 2.24) is 9.80 Å². The zero-order valence-corrected chi connectivity index (χ0v) is 20.6. The number of amides is 2. The SMILES string of the molecule is CN(C)C(=O)c1ccc(-c2ccc(N3CCN(C(=O)c4ccccc4C(F)(F)F)CC3)cc2)cc1Cl. The lowest BCUT2D eigenvalue weighted by Gasteiger charge is -2.36. The number of piperazine rings is 1. The van der Waals surface area contributed by atoms with Crippen LogP contribution in [0, 0.1) is 0 Å². The first-order chi connectivity index (χ1) is 17.1. The molecule has 0 aliphatic carbocycles. The van der Waals surface area contributed by atoms with Gasteiger partial charge in [-0.25, -0.2) is 0 Å². The molecule has 0 bridgehead atoms. The second-order valence-corrected chi connectivity index (χ2v) is 9.17. The van der Waals surface area contributed by atoms with Gasteiger partial charge in [-0.3, -0.25) is 9.59 Å². The van der Waals surface area contributed by atoms with Gasteiger partial charge in [-0.1, -0.05) is 41.9 Å². The molecule has 0 spiro atoms. The molecule has 4 rings (SSSR count). The highest BCUT2D eigenvalue weighted by molar-refractivity contribution is 6.34. The Morgan fingerprint density at radius 3 is 2.03 bits per heavy atom. The third kappa shape index (κ3) is 5.33. The van der Waals surface area contributed by atoms with Crippen LogP contribution in [-0.4, -0.2) is 61.9 Å². The maximum atomic E-state index is 13.3. The molecule has 36 heavy (non-hydrogen) atoms. The number of carbonyl (C=O) groups excluding carboxylic acids is 2. The Labute approximate surface area is 212 Å². The van der Waals surface area contributed by atoms with Crippen molar-refractivity contribution >= 4 is 29.1 Å². The fraction of sp³-hybridized carbons (Fsp3) is 0.259. The van der Waals surface area contributed by atoms with E-state index in [0.29, 0.717) is 36.8 Å². The lowest BCUT2D eigenvalue weighted by Crippen LogP contribution is -2.49. The van der Waals surface area contributed by atoms with Gasteiger partial charge in [-0.15, -0.1) is 0 Å². The number of nitrogens with zero attached hydrogens (tertiary/aromatic N) is 3. The van der Waals surface area contributed by atoms with E-state index in [1.54, 1.807) is 26.2 Å². The summed E-state index contributed by atoms with van der Waals surface area (Å²) in [6.07, 6.45) is -4.58. The van der Waals surface area contributed by atoms with Gasteiger partial charge in [0.25, 0.3) is 11.8 Å². The molecule has 3 aromatic rings. The van der Waals surface area contributed by atoms with E-state index >= 15 is 0 Å². The predicted octanol–water partition coefficient (Wildman–Crippen LogP) is 5.69. The van der Waals surface area contributed by atoms with Crippen LogP contribution >= 0.6 is 11.6 Å². The normalized spacial score (nSPS) is 14.1. The third-order valence-corrected chi connectivity index (χ3v) is 6.51. The van der Waals surface area contributed by atoms with Crippen LogP contribution in [0.2, 0.25) is 5.02 Å². The number of hydrogen-bond acceptors (Lipinski definition) is 3. The third-order valence-electron chi connectivity index (χ3n) is 6.20. The molecule has 0 saturated carbocycles. The molecule has 0 aromatic heterocycles. The minimum Gasteiger partial charge on any atom is -0.368 e. The molecule has 9 heteroatoms. The Balaban J connectivity index is 1.42. The van der Waals surface area contributed by atoms with Gasteiger partial charge in [-0.05, 0) is 47.5 Å². The molecule has 2 amide bonds. The van der Waals surface area contributed by atoms with Crippen LogP contribution in [0.25, 0.3) is 11.1 Å². The molecule has 0 unspecified atom stereocenters. The Kier molecular flexibility index (Phi) is 7.26. The standard InChI is InChI=1S/C27H25ClF3N3O2/c1-32(2)25(35)22-12-9-19(17-24(22)28)18-7-10-20(11-8-18)33-13-15-34(16-14-33)26(36)21-5-3-4-6-23(21)27(29,30)31/h3-12,17H,13-16H2,1-2H3. The van der Waals surface area contributed by atoms with Crippen molar-refractivity contribution in [2.24, 2.45) is 0 Å². The summed E-state index contributed by atoms with van der Waals surface area (Å²) in [5, 5.41) is 0.378. The molecular formula is C27H25ClF3N3O2. The molecule has 1 aliphatic rings. The van der Waals surface area contributed by atoms with Gasteiger partial charge in [0.1, 0.15) is 0 Å². The summed E-state index contributed by atoms with van der Waals surface area (Å²) in [5.74, 6) is -0.771. The summed E-state index contributed by atoms with van der Waals surface area (Å²) < 4.78 is 40.0. The summed E-state index contributed by atoms with van der Waals surface area (Å²) in [6.45, 7) is 1.66. The van der Waals surface area contributed by atoms with Gasteiger partial charge in [0.05, 0.1) is 21.7 Å². The quantitative estimate of drug-likeness (QED) is 0.448. The topological polar surface area (TPSA) is 43.9 Å². The molecule has 0 atom stereocenters. The number of anilines is 1. The molecule has 0 N–H and O–H groups in total. The Bertz CT molecular complexity index is 1270. The van der Waals surface area contributed by atoms with Crippen LogP contribution in [0.4, 0.5) is 18.9 Å². The first-order valence-electron chi connectivity index (χ1n) is 11.4. The highest BCUT2D eigenvalue weighted by atomic mass is 35.5. The summed E-state index contributed by atoms with van der Waals surface area (Å²) in [7, 11) is 3.34. The Hall–Kier alpha value is -3.52. The fourth-order valence-electron chi connectivity index (χ4n) is 4.23. The number of carbonyl (C=O) groups is 2. The molecule has 1 fully saturated rings. The number of benzene rings is 3. The summed E-state index contributed by atoms with van der Waals surface area (Å²) in [6, 6.07) is 18.0. The molecule has 1 saturated heterocycles. The van der Waals surface area contributed by atoms with Crippen molar-refractivity contribution in [1.29, 1.82) is 0 Å². The maximum absolute atomic E-state index is 13.3. The average molecular weight is 516 g/mol. The van der Waals surface area contributed by atoms with Gasteiger partial charge >= 0.3 is 6.18 Å². The van der Waals surface area contributed by atoms with Crippen molar-refractivity contribution < 1.29 is 22.8 Å². The Morgan fingerprint density at radius 1 is 0.833 bits per heavy atom. The van der Waals surface area contributed by atoms with Gasteiger partial charge in [0.2, 0.25) is 0 Å². The summed E-state index contributed by atoms with van der Waals surface area (Å²) in [5.41, 5.74) is 1.97. The van der Waals surface area contributed by atoms with E-state index in [-0.39, 0.29) is 11.5 Å². The fourth-order valence-corrected chi connectivity index (χ4v) is 4.49. The zero-order chi connectivity index (χ0) is 26.0. The molecule has 5 nitrogen and oxygen atoms in total. The number of halogens is 4. The highest BCUT2D eigenvalue weighted by Crippen LogP contribution is 2.33. The van der Waals surface area contributed by atoms with E-state index in [1.807, 2.05) is 30.3 Å². The summed E-state index contributed by atoms with van der Waals surface area (Å²) in [4.78, 5) is 30.0. The van der Waals surface area contributed by atoms with Crippen LogP contribution in [0.15, 0.2) is 66.7 Å². The summed E-state index contributed by atoms with van der Waals surface area (Å²) >= 11 is 6.34. The highest BCUT2D eigenvalue weighted by Gasteiger charge is 2.36. The van der Waals surface area contributed by atoms with Gasteiger partial charge in [0, 0.05) is 46.0 Å². The lowest BCUT2D eigenvalue weighted by atomic mass is 10.0. The minimum absolute atomic E-state index is 0.165. The van der Waals surface area contributed by atoms with Gasteiger partial charge < -0.3 is 14.7 Å². The molecule has 1 heterocycles. The van der Waals surface area contributed by atoms with Gasteiger partial charge in [-0.2, -0.15) is 13.2 Å². The van der Waals surface area contributed by atoms with Crippen LogP contribution in [-0.2, 0) is 6.18 Å². The van der Waals surface area contributed by atoms with Crippen molar-refractivity contribution in [2.75, 3.05) is 45.2 Å². The molecule has 0 radical (unpaired) electrons. The van der Waals surface area contributed by atoms with Crippen LogP contribution in [0.1, 0.15) is 26.3 Å². The van der Waals surface area contributed by atoms with E-state index in [1.165, 1.54) is 28.0 Å². The molecular weight excluding hydrogens is 491 g/mol. The van der Waals surface area contributed by atoms with E-state index < -0.39 is 17.6 Å². The first kappa shape index (κ1) is 25.6.